The second-order valence-electron chi connectivity index (χ2n) is 7.59. The van der Waals surface area contributed by atoms with Crippen molar-refractivity contribution in [2.75, 3.05) is 32.8 Å². The number of rotatable bonds is 21. The average Bonchev–Trinajstić information content (AvgIpc) is 2.62. The standard InChI is InChI=1S/C22H47NO2/c1-2-3-4-5-6-7-8-9-10-11-12-13-18-23(19-14-16-21-24)20-15-17-22-25/h24-25H,2-22H2,1H3. The lowest BCUT2D eigenvalue weighted by Crippen LogP contribution is -2.27. The molecule has 0 atom stereocenters. The van der Waals surface area contributed by atoms with Gasteiger partial charge in [0, 0.05) is 13.2 Å². The van der Waals surface area contributed by atoms with Gasteiger partial charge in [0.05, 0.1) is 0 Å². The van der Waals surface area contributed by atoms with Crippen molar-refractivity contribution in [2.45, 2.75) is 110 Å². The minimum atomic E-state index is 0.309. The van der Waals surface area contributed by atoms with Gasteiger partial charge >= 0.3 is 0 Å². The Kier molecular flexibility index (Phi) is 21.8. The maximum Gasteiger partial charge on any atom is 0.0431 e. The summed E-state index contributed by atoms with van der Waals surface area (Å²) < 4.78 is 0. The quantitative estimate of drug-likeness (QED) is 0.265. The fourth-order valence-electron chi connectivity index (χ4n) is 3.41. The second-order valence-corrected chi connectivity index (χ2v) is 7.59. The number of hydrogen-bond donors (Lipinski definition) is 2. The molecule has 0 heterocycles. The predicted octanol–water partition coefficient (Wildman–Crippen LogP) is 5.53. The van der Waals surface area contributed by atoms with Crippen molar-refractivity contribution in [2.24, 2.45) is 0 Å². The van der Waals surface area contributed by atoms with Gasteiger partial charge in [-0.2, -0.15) is 0 Å². The van der Waals surface area contributed by atoms with Gasteiger partial charge in [-0.1, -0.05) is 77.6 Å². The largest absolute Gasteiger partial charge is 0.396 e. The molecule has 0 rings (SSSR count). The molecule has 0 amide bonds. The van der Waals surface area contributed by atoms with Gasteiger partial charge in [-0.15, -0.1) is 0 Å². The van der Waals surface area contributed by atoms with Crippen LogP contribution in [-0.2, 0) is 0 Å². The normalized spacial score (nSPS) is 11.5. The van der Waals surface area contributed by atoms with E-state index >= 15 is 0 Å². The van der Waals surface area contributed by atoms with Gasteiger partial charge in [0.1, 0.15) is 0 Å². The zero-order valence-corrected chi connectivity index (χ0v) is 17.2. The van der Waals surface area contributed by atoms with E-state index in [1.165, 1.54) is 83.6 Å². The van der Waals surface area contributed by atoms with Crippen LogP contribution in [0.3, 0.4) is 0 Å². The van der Waals surface area contributed by atoms with E-state index in [0.29, 0.717) is 13.2 Å². The Morgan fingerprint density at radius 3 is 1.12 bits per heavy atom. The smallest absolute Gasteiger partial charge is 0.0431 e. The van der Waals surface area contributed by atoms with Crippen molar-refractivity contribution in [1.29, 1.82) is 0 Å². The molecule has 2 N–H and O–H groups in total. The van der Waals surface area contributed by atoms with Crippen LogP contribution in [0.2, 0.25) is 0 Å². The van der Waals surface area contributed by atoms with Crippen LogP contribution in [0, 0.1) is 0 Å². The number of aliphatic hydroxyl groups is 2. The third kappa shape index (κ3) is 20.0. The summed E-state index contributed by atoms with van der Waals surface area (Å²) in [6.07, 6.45) is 20.8. The molecule has 0 aliphatic carbocycles. The molecule has 0 aromatic heterocycles. The van der Waals surface area contributed by atoms with Crippen molar-refractivity contribution in [3.63, 3.8) is 0 Å². The third-order valence-corrected chi connectivity index (χ3v) is 5.09. The lowest BCUT2D eigenvalue weighted by Gasteiger charge is -2.22. The molecule has 0 bridgehead atoms. The molecule has 0 unspecified atom stereocenters. The SMILES string of the molecule is CCCCCCCCCCCCCCN(CCCCO)CCCCO. The van der Waals surface area contributed by atoms with E-state index in [9.17, 15) is 0 Å². The second kappa shape index (κ2) is 21.9. The Morgan fingerprint density at radius 2 is 0.760 bits per heavy atom. The van der Waals surface area contributed by atoms with Gasteiger partial charge in [-0.05, 0) is 51.7 Å². The summed E-state index contributed by atoms with van der Waals surface area (Å²) in [5, 5.41) is 17.9. The maximum atomic E-state index is 8.93. The molecule has 3 nitrogen and oxygen atoms in total. The Hall–Kier alpha value is -0.120. The third-order valence-electron chi connectivity index (χ3n) is 5.09. The van der Waals surface area contributed by atoms with Gasteiger partial charge in [0.2, 0.25) is 0 Å². The van der Waals surface area contributed by atoms with Crippen LogP contribution in [0.4, 0.5) is 0 Å². The van der Waals surface area contributed by atoms with E-state index in [2.05, 4.69) is 11.8 Å². The fourth-order valence-corrected chi connectivity index (χ4v) is 3.41. The van der Waals surface area contributed by atoms with E-state index in [-0.39, 0.29) is 0 Å². The first-order valence-electron chi connectivity index (χ1n) is 11.3. The summed E-state index contributed by atoms with van der Waals surface area (Å²) in [6, 6.07) is 0. The van der Waals surface area contributed by atoms with Gasteiger partial charge in [-0.3, -0.25) is 0 Å². The zero-order valence-electron chi connectivity index (χ0n) is 17.2. The first kappa shape index (κ1) is 24.9. The summed E-state index contributed by atoms with van der Waals surface area (Å²) in [4.78, 5) is 2.53. The zero-order chi connectivity index (χ0) is 18.4. The van der Waals surface area contributed by atoms with E-state index in [4.69, 9.17) is 10.2 Å². The number of nitrogens with zero attached hydrogens (tertiary/aromatic N) is 1. The van der Waals surface area contributed by atoms with Crippen molar-refractivity contribution in [3.8, 4) is 0 Å². The highest BCUT2D eigenvalue weighted by atomic mass is 16.3. The molecular formula is C22H47NO2. The average molecular weight is 358 g/mol. The molecule has 3 heteroatoms. The number of hydrogen-bond acceptors (Lipinski definition) is 3. The molecule has 0 aliphatic heterocycles. The Balaban J connectivity index is 3.43. The highest BCUT2D eigenvalue weighted by Gasteiger charge is 2.04. The van der Waals surface area contributed by atoms with Crippen LogP contribution >= 0.6 is 0 Å². The molecule has 0 fully saturated rings. The Labute approximate surface area is 158 Å². The van der Waals surface area contributed by atoms with Crippen LogP contribution in [0.1, 0.15) is 110 Å². The van der Waals surface area contributed by atoms with Crippen LogP contribution in [-0.4, -0.2) is 48.0 Å². The Bertz CT molecular complexity index is 226. The highest BCUT2D eigenvalue weighted by molar-refractivity contribution is 4.59. The summed E-state index contributed by atoms with van der Waals surface area (Å²) in [5.41, 5.74) is 0. The molecule has 0 saturated heterocycles. The van der Waals surface area contributed by atoms with E-state index < -0.39 is 0 Å². The first-order chi connectivity index (χ1) is 12.3. The predicted molar refractivity (Wildman–Crippen MR) is 110 cm³/mol. The monoisotopic (exact) mass is 357 g/mol. The van der Waals surface area contributed by atoms with Crippen LogP contribution in [0.25, 0.3) is 0 Å². The maximum absolute atomic E-state index is 8.93. The summed E-state index contributed by atoms with van der Waals surface area (Å²) >= 11 is 0. The van der Waals surface area contributed by atoms with Crippen LogP contribution in [0.15, 0.2) is 0 Å². The molecule has 152 valence electrons. The van der Waals surface area contributed by atoms with Crippen molar-refractivity contribution < 1.29 is 10.2 Å². The lowest BCUT2D eigenvalue weighted by atomic mass is 10.1. The molecular weight excluding hydrogens is 310 g/mol. The summed E-state index contributed by atoms with van der Waals surface area (Å²) in [5.74, 6) is 0. The minimum Gasteiger partial charge on any atom is -0.396 e. The van der Waals surface area contributed by atoms with Gasteiger partial charge in [-0.25, -0.2) is 0 Å². The number of aliphatic hydroxyl groups excluding tert-OH is 2. The van der Waals surface area contributed by atoms with Crippen LogP contribution < -0.4 is 0 Å². The molecule has 0 aromatic carbocycles. The van der Waals surface area contributed by atoms with Gasteiger partial charge < -0.3 is 15.1 Å². The molecule has 25 heavy (non-hydrogen) atoms. The van der Waals surface area contributed by atoms with Crippen molar-refractivity contribution in [1.82, 2.24) is 4.90 Å². The van der Waals surface area contributed by atoms with Crippen molar-refractivity contribution >= 4 is 0 Å². The summed E-state index contributed by atoms with van der Waals surface area (Å²) in [6.45, 7) is 6.29. The summed E-state index contributed by atoms with van der Waals surface area (Å²) in [7, 11) is 0. The number of unbranched alkanes of at least 4 members (excludes halogenated alkanes) is 13. The van der Waals surface area contributed by atoms with Gasteiger partial charge in [0.25, 0.3) is 0 Å². The van der Waals surface area contributed by atoms with Crippen molar-refractivity contribution in [3.05, 3.63) is 0 Å². The van der Waals surface area contributed by atoms with E-state index in [1.54, 1.807) is 0 Å². The first-order valence-corrected chi connectivity index (χ1v) is 11.3. The van der Waals surface area contributed by atoms with E-state index in [1.807, 2.05) is 0 Å². The topological polar surface area (TPSA) is 43.7 Å². The fraction of sp³-hybridized carbons (Fsp3) is 1.00. The van der Waals surface area contributed by atoms with Gasteiger partial charge in [0.15, 0.2) is 0 Å². The molecule has 0 radical (unpaired) electrons. The minimum absolute atomic E-state index is 0.309. The molecule has 0 aromatic rings. The molecule has 0 saturated carbocycles. The highest BCUT2D eigenvalue weighted by Crippen LogP contribution is 2.12. The Morgan fingerprint density at radius 1 is 0.440 bits per heavy atom. The molecule has 0 aliphatic rings. The molecule has 0 spiro atoms. The van der Waals surface area contributed by atoms with Crippen LogP contribution in [0.5, 0.6) is 0 Å². The van der Waals surface area contributed by atoms with E-state index in [0.717, 1.165) is 38.8 Å². The lowest BCUT2D eigenvalue weighted by molar-refractivity contribution is 0.223.